The second-order valence-corrected chi connectivity index (χ2v) is 4.35. The van der Waals surface area contributed by atoms with Gasteiger partial charge in [-0.05, 0) is 24.6 Å². The topological polar surface area (TPSA) is 108 Å². The van der Waals surface area contributed by atoms with E-state index in [1.807, 2.05) is 6.92 Å². The van der Waals surface area contributed by atoms with Crippen molar-refractivity contribution >= 4 is 23.6 Å². The van der Waals surface area contributed by atoms with E-state index in [4.69, 9.17) is 5.11 Å². The number of amides is 3. The quantitative estimate of drug-likeness (QED) is 0.600. The monoisotopic (exact) mass is 293 g/mol. The summed E-state index contributed by atoms with van der Waals surface area (Å²) >= 11 is 0. The normalized spacial score (nSPS) is 9.76. The van der Waals surface area contributed by atoms with Crippen LogP contribution in [0, 0.1) is 0 Å². The first-order valence-electron chi connectivity index (χ1n) is 6.63. The fourth-order valence-corrected chi connectivity index (χ4v) is 1.63. The minimum Gasteiger partial charge on any atom is -0.481 e. The van der Waals surface area contributed by atoms with Crippen LogP contribution in [0.4, 0.5) is 10.5 Å². The van der Waals surface area contributed by atoms with Gasteiger partial charge >= 0.3 is 12.0 Å². The first kappa shape index (κ1) is 16.5. The second-order valence-electron chi connectivity index (χ2n) is 4.35. The molecule has 1 rings (SSSR count). The highest BCUT2D eigenvalue weighted by atomic mass is 16.4. The summed E-state index contributed by atoms with van der Waals surface area (Å²) < 4.78 is 0. The predicted molar refractivity (Wildman–Crippen MR) is 78.1 cm³/mol. The first-order chi connectivity index (χ1) is 10.0. The molecule has 7 heteroatoms. The zero-order chi connectivity index (χ0) is 15.7. The summed E-state index contributed by atoms with van der Waals surface area (Å²) in [5.41, 5.74) is 1.21. The Hall–Kier alpha value is -2.57. The smallest absolute Gasteiger partial charge is 0.319 e. The predicted octanol–water partition coefficient (Wildman–Crippen LogP) is 0.961. The van der Waals surface area contributed by atoms with Crippen molar-refractivity contribution in [2.24, 2.45) is 0 Å². The number of hydrogen-bond acceptors (Lipinski definition) is 3. The number of anilines is 1. The highest BCUT2D eigenvalue weighted by Crippen LogP contribution is 2.09. The lowest BCUT2D eigenvalue weighted by molar-refractivity contribution is -0.136. The largest absolute Gasteiger partial charge is 0.481 e. The Morgan fingerprint density at radius 3 is 2.33 bits per heavy atom. The lowest BCUT2D eigenvalue weighted by Crippen LogP contribution is -2.33. The standard InChI is InChI=1S/C14H19N3O4/c1-2-15-12(18)7-8-16-14(21)17-11-5-3-10(4-6-11)9-13(19)20/h3-6H,2,7-9H2,1H3,(H,15,18)(H,19,20)(H2,16,17,21). The van der Waals surface area contributed by atoms with E-state index >= 15 is 0 Å². The Balaban J connectivity index is 2.34. The van der Waals surface area contributed by atoms with E-state index in [-0.39, 0.29) is 25.3 Å². The number of benzene rings is 1. The van der Waals surface area contributed by atoms with Gasteiger partial charge in [0, 0.05) is 25.2 Å². The molecule has 0 saturated carbocycles. The van der Waals surface area contributed by atoms with E-state index in [0.717, 1.165) is 0 Å². The van der Waals surface area contributed by atoms with Gasteiger partial charge in [0.15, 0.2) is 0 Å². The van der Waals surface area contributed by atoms with Crippen molar-refractivity contribution in [2.75, 3.05) is 18.4 Å². The molecule has 0 aliphatic rings. The average molecular weight is 293 g/mol. The third-order valence-electron chi connectivity index (χ3n) is 2.58. The number of urea groups is 1. The van der Waals surface area contributed by atoms with Gasteiger partial charge in [-0.3, -0.25) is 9.59 Å². The van der Waals surface area contributed by atoms with E-state index in [9.17, 15) is 14.4 Å². The third kappa shape index (κ3) is 6.95. The van der Waals surface area contributed by atoms with Crippen molar-refractivity contribution in [1.82, 2.24) is 10.6 Å². The minimum atomic E-state index is -0.904. The van der Waals surface area contributed by atoms with Gasteiger partial charge in [0.2, 0.25) is 5.91 Å². The number of carbonyl (C=O) groups excluding carboxylic acids is 2. The molecule has 4 N–H and O–H groups in total. The molecular weight excluding hydrogens is 274 g/mol. The van der Waals surface area contributed by atoms with E-state index in [2.05, 4.69) is 16.0 Å². The van der Waals surface area contributed by atoms with Crippen LogP contribution in [-0.4, -0.2) is 36.1 Å². The van der Waals surface area contributed by atoms with Gasteiger partial charge in [0.05, 0.1) is 6.42 Å². The maximum Gasteiger partial charge on any atom is 0.319 e. The molecule has 1 aromatic carbocycles. The van der Waals surface area contributed by atoms with Crippen LogP contribution >= 0.6 is 0 Å². The van der Waals surface area contributed by atoms with Crippen LogP contribution in [0.1, 0.15) is 18.9 Å². The zero-order valence-corrected chi connectivity index (χ0v) is 11.8. The molecule has 7 nitrogen and oxygen atoms in total. The molecule has 0 unspecified atom stereocenters. The molecule has 21 heavy (non-hydrogen) atoms. The Bertz CT molecular complexity index is 499. The summed E-state index contributed by atoms with van der Waals surface area (Å²) in [6.45, 7) is 2.63. The molecule has 0 saturated heterocycles. The molecule has 1 aromatic rings. The Morgan fingerprint density at radius 2 is 1.76 bits per heavy atom. The number of carbonyl (C=O) groups is 3. The van der Waals surface area contributed by atoms with Gasteiger partial charge in [-0.25, -0.2) is 4.79 Å². The number of rotatable bonds is 7. The summed E-state index contributed by atoms with van der Waals surface area (Å²) in [4.78, 5) is 33.3. The molecular formula is C14H19N3O4. The number of carboxylic acids is 1. The fourth-order valence-electron chi connectivity index (χ4n) is 1.63. The molecule has 0 aliphatic carbocycles. The molecule has 0 aliphatic heterocycles. The minimum absolute atomic E-state index is 0.0565. The lowest BCUT2D eigenvalue weighted by Gasteiger charge is -2.08. The van der Waals surface area contributed by atoms with E-state index in [1.54, 1.807) is 24.3 Å². The van der Waals surface area contributed by atoms with E-state index in [1.165, 1.54) is 0 Å². The molecule has 114 valence electrons. The van der Waals surface area contributed by atoms with Crippen LogP contribution in [0.25, 0.3) is 0 Å². The fraction of sp³-hybridized carbons (Fsp3) is 0.357. The Morgan fingerprint density at radius 1 is 1.10 bits per heavy atom. The lowest BCUT2D eigenvalue weighted by atomic mass is 10.1. The molecule has 0 bridgehead atoms. The van der Waals surface area contributed by atoms with E-state index in [0.29, 0.717) is 17.8 Å². The van der Waals surface area contributed by atoms with Gasteiger partial charge < -0.3 is 21.1 Å². The van der Waals surface area contributed by atoms with Crippen LogP contribution in [-0.2, 0) is 16.0 Å². The van der Waals surface area contributed by atoms with Gasteiger partial charge in [-0.15, -0.1) is 0 Å². The van der Waals surface area contributed by atoms with Crippen molar-refractivity contribution < 1.29 is 19.5 Å². The molecule has 0 atom stereocenters. The molecule has 3 amide bonds. The van der Waals surface area contributed by atoms with Gasteiger partial charge in [-0.1, -0.05) is 12.1 Å². The van der Waals surface area contributed by atoms with Crippen LogP contribution in [0.2, 0.25) is 0 Å². The van der Waals surface area contributed by atoms with Crippen molar-refractivity contribution in [3.05, 3.63) is 29.8 Å². The molecule has 0 aromatic heterocycles. The average Bonchev–Trinajstić information content (AvgIpc) is 2.40. The van der Waals surface area contributed by atoms with Crippen molar-refractivity contribution in [3.8, 4) is 0 Å². The first-order valence-corrected chi connectivity index (χ1v) is 6.63. The van der Waals surface area contributed by atoms with Crippen molar-refractivity contribution in [3.63, 3.8) is 0 Å². The third-order valence-corrected chi connectivity index (χ3v) is 2.58. The number of nitrogens with one attached hydrogen (secondary N) is 3. The highest BCUT2D eigenvalue weighted by molar-refractivity contribution is 5.89. The molecule has 0 radical (unpaired) electrons. The van der Waals surface area contributed by atoms with Gasteiger partial charge in [0.1, 0.15) is 0 Å². The Kier molecular flexibility index (Phi) is 6.73. The Labute approximate surface area is 122 Å². The van der Waals surface area contributed by atoms with E-state index < -0.39 is 12.0 Å². The van der Waals surface area contributed by atoms with Crippen LogP contribution < -0.4 is 16.0 Å². The molecule has 0 spiro atoms. The summed E-state index contributed by atoms with van der Waals surface area (Å²) in [7, 11) is 0. The van der Waals surface area contributed by atoms with Gasteiger partial charge in [0.25, 0.3) is 0 Å². The second kappa shape index (κ2) is 8.57. The summed E-state index contributed by atoms with van der Waals surface area (Å²) in [5.74, 6) is -1.02. The van der Waals surface area contributed by atoms with Crippen LogP contribution in [0.5, 0.6) is 0 Å². The van der Waals surface area contributed by atoms with Crippen LogP contribution in [0.3, 0.4) is 0 Å². The van der Waals surface area contributed by atoms with Gasteiger partial charge in [-0.2, -0.15) is 0 Å². The molecule has 0 fully saturated rings. The SMILES string of the molecule is CCNC(=O)CCNC(=O)Nc1ccc(CC(=O)O)cc1. The summed E-state index contributed by atoms with van der Waals surface area (Å²) in [5, 5.41) is 16.4. The summed E-state index contributed by atoms with van der Waals surface area (Å²) in [6, 6.07) is 6.12. The zero-order valence-electron chi connectivity index (χ0n) is 11.8. The maximum absolute atomic E-state index is 11.6. The van der Waals surface area contributed by atoms with Crippen molar-refractivity contribution in [2.45, 2.75) is 19.8 Å². The maximum atomic E-state index is 11.6. The number of hydrogen-bond donors (Lipinski definition) is 4. The number of carboxylic acid groups (broad SMARTS) is 1. The summed E-state index contributed by atoms with van der Waals surface area (Å²) in [6.07, 6.45) is 0.165. The van der Waals surface area contributed by atoms with Crippen LogP contribution in [0.15, 0.2) is 24.3 Å². The molecule has 0 heterocycles. The number of aliphatic carboxylic acids is 1. The highest BCUT2D eigenvalue weighted by Gasteiger charge is 2.04. The van der Waals surface area contributed by atoms with Crippen molar-refractivity contribution in [1.29, 1.82) is 0 Å².